The molecule has 1 saturated heterocycles. The van der Waals surface area contributed by atoms with E-state index in [1.807, 2.05) is 25.1 Å². The molecule has 2 heterocycles. The Bertz CT molecular complexity index is 689. The van der Waals surface area contributed by atoms with Gasteiger partial charge < -0.3 is 15.0 Å². The lowest BCUT2D eigenvalue weighted by Gasteiger charge is -2.26. The molecule has 0 bridgehead atoms. The summed E-state index contributed by atoms with van der Waals surface area (Å²) >= 11 is 0. The van der Waals surface area contributed by atoms with Gasteiger partial charge in [0.2, 0.25) is 5.91 Å². The van der Waals surface area contributed by atoms with E-state index in [1.54, 1.807) is 7.11 Å². The predicted molar refractivity (Wildman–Crippen MR) is 94.0 cm³/mol. The van der Waals surface area contributed by atoms with Gasteiger partial charge in [-0.15, -0.1) is 0 Å². The molecule has 3 rings (SSSR count). The number of aromatic nitrogens is 2. The van der Waals surface area contributed by atoms with E-state index in [-0.39, 0.29) is 11.9 Å². The van der Waals surface area contributed by atoms with Crippen LogP contribution in [0, 0.1) is 0 Å². The molecule has 0 unspecified atom stereocenters. The number of nitrogens with one attached hydrogen (secondary N) is 2. The fourth-order valence-corrected chi connectivity index (χ4v) is 3.22. The fraction of sp³-hybridized carbons (Fsp3) is 0.556. The smallest absolute Gasteiger partial charge is 0.237 e. The third-order valence-electron chi connectivity index (χ3n) is 4.74. The minimum absolute atomic E-state index is 0.0648. The van der Waals surface area contributed by atoms with E-state index in [0.717, 1.165) is 35.7 Å². The Hall–Kier alpha value is -2.08. The van der Waals surface area contributed by atoms with Crippen LogP contribution in [0.1, 0.15) is 38.4 Å². The van der Waals surface area contributed by atoms with Crippen LogP contribution in [-0.4, -0.2) is 47.0 Å². The number of hydrogen-bond donors (Lipinski definition) is 2. The number of nitrogens with zero attached hydrogens (tertiary/aromatic N) is 2. The number of carbonyl (C=O) groups is 1. The number of imidazole rings is 1. The molecule has 1 aromatic heterocycles. The van der Waals surface area contributed by atoms with Crippen molar-refractivity contribution in [3.8, 4) is 5.75 Å². The van der Waals surface area contributed by atoms with Crippen molar-refractivity contribution in [3.63, 3.8) is 0 Å². The summed E-state index contributed by atoms with van der Waals surface area (Å²) in [5.74, 6) is 1.61. The third kappa shape index (κ3) is 3.87. The van der Waals surface area contributed by atoms with Gasteiger partial charge in [0.1, 0.15) is 11.6 Å². The lowest BCUT2D eigenvalue weighted by Crippen LogP contribution is -2.45. The molecule has 0 saturated carbocycles. The molecule has 24 heavy (non-hydrogen) atoms. The van der Waals surface area contributed by atoms with E-state index in [2.05, 4.69) is 20.2 Å². The van der Waals surface area contributed by atoms with E-state index in [1.165, 1.54) is 25.7 Å². The van der Waals surface area contributed by atoms with E-state index in [4.69, 9.17) is 4.74 Å². The van der Waals surface area contributed by atoms with Crippen LogP contribution in [0.3, 0.4) is 0 Å². The highest BCUT2D eigenvalue weighted by molar-refractivity contribution is 5.81. The van der Waals surface area contributed by atoms with Crippen LogP contribution in [0.25, 0.3) is 11.0 Å². The SMILES string of the molecule is COc1ccc2nc(CNC(=O)[C@H](C)N3CCCCCC3)[nH]c2c1. The first-order valence-corrected chi connectivity index (χ1v) is 8.72. The number of amides is 1. The number of fused-ring (bicyclic) bond motifs is 1. The maximum absolute atomic E-state index is 12.4. The van der Waals surface area contributed by atoms with Crippen molar-refractivity contribution >= 4 is 16.9 Å². The molecule has 2 N–H and O–H groups in total. The van der Waals surface area contributed by atoms with Crippen LogP contribution in [0.2, 0.25) is 0 Å². The number of carbonyl (C=O) groups excluding carboxylic acids is 1. The van der Waals surface area contributed by atoms with Crippen LogP contribution in [0.5, 0.6) is 5.75 Å². The molecular weight excluding hydrogens is 304 g/mol. The molecule has 6 nitrogen and oxygen atoms in total. The summed E-state index contributed by atoms with van der Waals surface area (Å²) in [5, 5.41) is 3.00. The minimum Gasteiger partial charge on any atom is -0.497 e. The highest BCUT2D eigenvalue weighted by atomic mass is 16.5. The second-order valence-corrected chi connectivity index (χ2v) is 6.41. The van der Waals surface area contributed by atoms with Gasteiger partial charge in [-0.1, -0.05) is 12.8 Å². The Morgan fingerprint density at radius 1 is 1.33 bits per heavy atom. The second kappa shape index (κ2) is 7.66. The van der Waals surface area contributed by atoms with Crippen molar-refractivity contribution in [1.82, 2.24) is 20.2 Å². The number of aromatic amines is 1. The maximum atomic E-state index is 12.4. The van der Waals surface area contributed by atoms with Gasteiger partial charge in [-0.2, -0.15) is 0 Å². The first-order chi connectivity index (χ1) is 11.7. The third-order valence-corrected chi connectivity index (χ3v) is 4.74. The second-order valence-electron chi connectivity index (χ2n) is 6.41. The Morgan fingerprint density at radius 2 is 2.08 bits per heavy atom. The predicted octanol–water partition coefficient (Wildman–Crippen LogP) is 2.45. The molecule has 1 atom stereocenters. The zero-order valence-electron chi connectivity index (χ0n) is 14.5. The Morgan fingerprint density at radius 3 is 2.79 bits per heavy atom. The molecule has 0 aliphatic carbocycles. The molecule has 0 spiro atoms. The zero-order valence-corrected chi connectivity index (χ0v) is 14.5. The zero-order chi connectivity index (χ0) is 16.9. The molecule has 2 aromatic rings. The lowest BCUT2D eigenvalue weighted by atomic mass is 10.2. The van der Waals surface area contributed by atoms with Gasteiger partial charge >= 0.3 is 0 Å². The monoisotopic (exact) mass is 330 g/mol. The van der Waals surface area contributed by atoms with Crippen LogP contribution in [-0.2, 0) is 11.3 Å². The Kier molecular flexibility index (Phi) is 5.35. The fourth-order valence-electron chi connectivity index (χ4n) is 3.22. The largest absolute Gasteiger partial charge is 0.497 e. The summed E-state index contributed by atoms with van der Waals surface area (Å²) in [4.78, 5) is 22.5. The first-order valence-electron chi connectivity index (χ1n) is 8.72. The molecule has 1 amide bonds. The quantitative estimate of drug-likeness (QED) is 0.883. The maximum Gasteiger partial charge on any atom is 0.237 e. The highest BCUT2D eigenvalue weighted by Crippen LogP contribution is 2.18. The van der Waals surface area contributed by atoms with Crippen molar-refractivity contribution < 1.29 is 9.53 Å². The van der Waals surface area contributed by atoms with E-state index in [0.29, 0.717) is 6.54 Å². The Balaban J connectivity index is 1.59. The summed E-state index contributed by atoms with van der Waals surface area (Å²) in [6, 6.07) is 5.61. The number of H-pyrrole nitrogens is 1. The molecular formula is C18H26N4O2. The Labute approximate surface area is 142 Å². The molecule has 1 aliphatic rings. The van der Waals surface area contributed by atoms with Crippen LogP contribution in [0.4, 0.5) is 0 Å². The van der Waals surface area contributed by atoms with Crippen LogP contribution >= 0.6 is 0 Å². The molecule has 130 valence electrons. The van der Waals surface area contributed by atoms with E-state index < -0.39 is 0 Å². The number of hydrogen-bond acceptors (Lipinski definition) is 4. The van der Waals surface area contributed by atoms with Gasteiger partial charge in [-0.05, 0) is 45.0 Å². The number of likely N-dealkylation sites (tertiary alicyclic amines) is 1. The molecule has 0 radical (unpaired) electrons. The normalized spacial score (nSPS) is 17.4. The lowest BCUT2D eigenvalue weighted by molar-refractivity contribution is -0.126. The average molecular weight is 330 g/mol. The minimum atomic E-state index is -0.0902. The summed E-state index contributed by atoms with van der Waals surface area (Å²) in [6.07, 6.45) is 4.91. The average Bonchev–Trinajstić information content (AvgIpc) is 2.81. The topological polar surface area (TPSA) is 70.2 Å². The highest BCUT2D eigenvalue weighted by Gasteiger charge is 2.22. The van der Waals surface area contributed by atoms with Gasteiger partial charge in [-0.3, -0.25) is 9.69 Å². The van der Waals surface area contributed by atoms with Gasteiger partial charge in [0.15, 0.2) is 0 Å². The molecule has 1 aromatic carbocycles. The number of benzene rings is 1. The summed E-state index contributed by atoms with van der Waals surface area (Å²) in [7, 11) is 1.64. The van der Waals surface area contributed by atoms with Crippen LogP contribution in [0.15, 0.2) is 18.2 Å². The van der Waals surface area contributed by atoms with Crippen molar-refractivity contribution in [2.75, 3.05) is 20.2 Å². The van der Waals surface area contributed by atoms with Crippen molar-refractivity contribution in [1.29, 1.82) is 0 Å². The first kappa shape index (κ1) is 16.8. The summed E-state index contributed by atoms with van der Waals surface area (Å²) < 4.78 is 5.22. The van der Waals surface area contributed by atoms with Gasteiger partial charge in [0.25, 0.3) is 0 Å². The number of rotatable bonds is 5. The van der Waals surface area contributed by atoms with Crippen molar-refractivity contribution in [2.24, 2.45) is 0 Å². The molecule has 1 aliphatic heterocycles. The van der Waals surface area contributed by atoms with Gasteiger partial charge in [-0.25, -0.2) is 4.98 Å². The summed E-state index contributed by atoms with van der Waals surface area (Å²) in [6.45, 7) is 4.43. The van der Waals surface area contributed by atoms with Crippen molar-refractivity contribution in [2.45, 2.75) is 45.2 Å². The standard InChI is InChI=1S/C18H26N4O2/c1-13(22-9-5-3-4-6-10-22)18(23)19-12-17-20-15-8-7-14(24-2)11-16(15)21-17/h7-8,11,13H,3-6,9-10,12H2,1-2H3,(H,19,23)(H,20,21)/t13-/m0/s1. The van der Waals surface area contributed by atoms with Gasteiger partial charge in [0.05, 0.1) is 30.7 Å². The molecule has 6 heteroatoms. The van der Waals surface area contributed by atoms with Gasteiger partial charge in [0, 0.05) is 6.07 Å². The van der Waals surface area contributed by atoms with Crippen molar-refractivity contribution in [3.05, 3.63) is 24.0 Å². The number of methoxy groups -OCH3 is 1. The van der Waals surface area contributed by atoms with E-state index >= 15 is 0 Å². The van der Waals surface area contributed by atoms with Crippen LogP contribution < -0.4 is 10.1 Å². The summed E-state index contributed by atoms with van der Waals surface area (Å²) in [5.41, 5.74) is 1.79. The number of ether oxygens (including phenoxy) is 1. The van der Waals surface area contributed by atoms with E-state index in [9.17, 15) is 4.79 Å². The molecule has 1 fully saturated rings.